The monoisotopic (exact) mass is 376 g/mol. The quantitative estimate of drug-likeness (QED) is 0.590. The minimum absolute atomic E-state index is 0.0271. The number of benzene rings is 2. The molecular weight excluding hydrogens is 352 g/mol. The lowest BCUT2D eigenvalue weighted by molar-refractivity contribution is -0.130. The lowest BCUT2D eigenvalue weighted by atomic mass is 10.1. The molecule has 0 fully saturated rings. The minimum Gasteiger partial charge on any atom is -0.467 e. The van der Waals surface area contributed by atoms with E-state index in [0.29, 0.717) is 25.4 Å². The van der Waals surface area contributed by atoms with Gasteiger partial charge in [0.1, 0.15) is 5.76 Å². The first-order valence-corrected chi connectivity index (χ1v) is 9.30. The molecule has 5 nitrogen and oxygen atoms in total. The van der Waals surface area contributed by atoms with Gasteiger partial charge >= 0.3 is 0 Å². The molecule has 2 amide bonds. The van der Waals surface area contributed by atoms with Crippen LogP contribution in [0.5, 0.6) is 0 Å². The second-order valence-corrected chi connectivity index (χ2v) is 6.57. The number of hydrogen-bond acceptors (Lipinski definition) is 3. The van der Waals surface area contributed by atoms with Crippen molar-refractivity contribution in [3.63, 3.8) is 0 Å². The maximum atomic E-state index is 13.0. The Hall–Kier alpha value is -3.34. The fraction of sp³-hybridized carbons (Fsp3) is 0.217. The molecule has 0 aliphatic heterocycles. The molecule has 3 rings (SSSR count). The molecule has 1 heterocycles. The Balaban J connectivity index is 1.70. The van der Waals surface area contributed by atoms with Crippen LogP contribution in [0.2, 0.25) is 0 Å². The van der Waals surface area contributed by atoms with Crippen molar-refractivity contribution in [2.24, 2.45) is 0 Å². The van der Waals surface area contributed by atoms with Crippen molar-refractivity contribution in [3.05, 3.63) is 90.4 Å². The molecule has 5 heteroatoms. The van der Waals surface area contributed by atoms with Crippen molar-refractivity contribution in [3.8, 4) is 0 Å². The Labute approximate surface area is 165 Å². The molecule has 2 aromatic carbocycles. The van der Waals surface area contributed by atoms with E-state index >= 15 is 0 Å². The molecule has 0 spiro atoms. The number of carbonyl (C=O) groups is 2. The smallest absolute Gasteiger partial charge is 0.229 e. The third kappa shape index (κ3) is 5.33. The van der Waals surface area contributed by atoms with E-state index < -0.39 is 0 Å². The van der Waals surface area contributed by atoms with Crippen molar-refractivity contribution in [2.45, 2.75) is 26.4 Å². The van der Waals surface area contributed by atoms with E-state index in [4.69, 9.17) is 4.42 Å². The average Bonchev–Trinajstić information content (AvgIpc) is 3.23. The van der Waals surface area contributed by atoms with E-state index in [0.717, 1.165) is 11.3 Å². The molecule has 0 unspecified atom stereocenters. The molecule has 0 saturated carbocycles. The van der Waals surface area contributed by atoms with Gasteiger partial charge in [0.05, 0.1) is 19.4 Å². The summed E-state index contributed by atoms with van der Waals surface area (Å²) in [7, 11) is 0. The second-order valence-electron chi connectivity index (χ2n) is 6.57. The standard InChI is InChI=1S/C23H24N2O3/c1-19(26)24(18-22-13-8-16-28-22)15-14-23(27)25(21-11-6-3-7-12-21)17-20-9-4-2-5-10-20/h2-13,16H,14-15,17-18H2,1H3. The van der Waals surface area contributed by atoms with E-state index in [-0.39, 0.29) is 18.2 Å². The fourth-order valence-corrected chi connectivity index (χ4v) is 3.00. The maximum Gasteiger partial charge on any atom is 0.229 e. The summed E-state index contributed by atoms with van der Waals surface area (Å²) in [5.41, 5.74) is 1.90. The number of anilines is 1. The predicted octanol–water partition coefficient (Wildman–Crippen LogP) is 4.25. The molecule has 1 aromatic heterocycles. The van der Waals surface area contributed by atoms with Crippen LogP contribution in [0.4, 0.5) is 5.69 Å². The topological polar surface area (TPSA) is 53.8 Å². The molecule has 0 radical (unpaired) electrons. The highest BCUT2D eigenvalue weighted by Crippen LogP contribution is 2.18. The first kappa shape index (κ1) is 19.4. The van der Waals surface area contributed by atoms with Crippen LogP contribution in [0.1, 0.15) is 24.7 Å². The second kappa shape index (κ2) is 9.55. The van der Waals surface area contributed by atoms with Crippen LogP contribution in [0.15, 0.2) is 83.5 Å². The summed E-state index contributed by atoms with van der Waals surface area (Å²) in [5, 5.41) is 0. The number of nitrogens with zero attached hydrogens (tertiary/aromatic N) is 2. The van der Waals surface area contributed by atoms with Crippen molar-refractivity contribution >= 4 is 17.5 Å². The van der Waals surface area contributed by atoms with Gasteiger partial charge in [-0.1, -0.05) is 48.5 Å². The zero-order valence-electron chi connectivity index (χ0n) is 16.0. The highest BCUT2D eigenvalue weighted by molar-refractivity contribution is 5.93. The zero-order valence-corrected chi connectivity index (χ0v) is 16.0. The van der Waals surface area contributed by atoms with Gasteiger partial charge in [-0.15, -0.1) is 0 Å². The van der Waals surface area contributed by atoms with Gasteiger partial charge in [-0.3, -0.25) is 9.59 Å². The van der Waals surface area contributed by atoms with Crippen molar-refractivity contribution < 1.29 is 14.0 Å². The molecule has 0 aliphatic carbocycles. The number of furan rings is 1. The molecule has 0 N–H and O–H groups in total. The van der Waals surface area contributed by atoms with Crippen molar-refractivity contribution in [1.82, 2.24) is 4.90 Å². The van der Waals surface area contributed by atoms with Crippen LogP contribution >= 0.6 is 0 Å². The Bertz CT molecular complexity index is 877. The summed E-state index contributed by atoms with van der Waals surface area (Å²) < 4.78 is 5.33. The van der Waals surface area contributed by atoms with Gasteiger partial charge in [-0.05, 0) is 29.8 Å². The van der Waals surface area contributed by atoms with E-state index in [1.807, 2.05) is 66.7 Å². The third-order valence-electron chi connectivity index (χ3n) is 4.52. The van der Waals surface area contributed by atoms with Gasteiger partial charge in [0, 0.05) is 25.6 Å². The van der Waals surface area contributed by atoms with E-state index in [2.05, 4.69) is 0 Å². The van der Waals surface area contributed by atoms with E-state index in [1.165, 1.54) is 6.92 Å². The first-order valence-electron chi connectivity index (χ1n) is 9.30. The summed E-state index contributed by atoms with van der Waals surface area (Å²) >= 11 is 0. The van der Waals surface area contributed by atoms with Crippen LogP contribution in [-0.4, -0.2) is 23.3 Å². The molecule has 28 heavy (non-hydrogen) atoms. The Kier molecular flexibility index (Phi) is 6.63. The number of carbonyl (C=O) groups excluding carboxylic acids is 2. The number of para-hydroxylation sites is 1. The predicted molar refractivity (Wildman–Crippen MR) is 108 cm³/mol. The summed E-state index contributed by atoms with van der Waals surface area (Å²) in [4.78, 5) is 28.4. The lowest BCUT2D eigenvalue weighted by Crippen LogP contribution is -2.35. The molecule has 0 saturated heterocycles. The van der Waals surface area contributed by atoms with Gasteiger partial charge in [-0.25, -0.2) is 0 Å². The average molecular weight is 376 g/mol. The Morgan fingerprint density at radius 1 is 0.857 bits per heavy atom. The Morgan fingerprint density at radius 2 is 1.54 bits per heavy atom. The van der Waals surface area contributed by atoms with Gasteiger partial charge in [0.2, 0.25) is 11.8 Å². The largest absolute Gasteiger partial charge is 0.467 e. The normalized spacial score (nSPS) is 10.5. The zero-order chi connectivity index (χ0) is 19.8. The number of hydrogen-bond donors (Lipinski definition) is 0. The van der Waals surface area contributed by atoms with Crippen LogP contribution in [0.25, 0.3) is 0 Å². The fourth-order valence-electron chi connectivity index (χ4n) is 3.00. The summed E-state index contributed by atoms with van der Waals surface area (Å²) in [5.74, 6) is 0.589. The van der Waals surface area contributed by atoms with Crippen molar-refractivity contribution in [2.75, 3.05) is 11.4 Å². The molecule has 3 aromatic rings. The van der Waals surface area contributed by atoms with Gasteiger partial charge in [0.15, 0.2) is 0 Å². The van der Waals surface area contributed by atoms with Crippen LogP contribution in [0.3, 0.4) is 0 Å². The third-order valence-corrected chi connectivity index (χ3v) is 4.52. The molecule has 0 bridgehead atoms. The van der Waals surface area contributed by atoms with Gasteiger partial charge < -0.3 is 14.2 Å². The highest BCUT2D eigenvalue weighted by Gasteiger charge is 2.19. The van der Waals surface area contributed by atoms with E-state index in [1.54, 1.807) is 22.1 Å². The maximum absolute atomic E-state index is 13.0. The van der Waals surface area contributed by atoms with Crippen LogP contribution < -0.4 is 4.90 Å². The van der Waals surface area contributed by atoms with Gasteiger partial charge in [0.25, 0.3) is 0 Å². The SMILES string of the molecule is CC(=O)N(CCC(=O)N(Cc1ccccc1)c1ccccc1)Cc1ccco1. The van der Waals surface area contributed by atoms with E-state index in [9.17, 15) is 9.59 Å². The Morgan fingerprint density at radius 3 is 2.14 bits per heavy atom. The first-order chi connectivity index (χ1) is 13.6. The molecule has 144 valence electrons. The molecular formula is C23H24N2O3. The number of amides is 2. The van der Waals surface area contributed by atoms with Crippen molar-refractivity contribution in [1.29, 1.82) is 0 Å². The lowest BCUT2D eigenvalue weighted by Gasteiger charge is -2.25. The van der Waals surface area contributed by atoms with Gasteiger partial charge in [-0.2, -0.15) is 0 Å². The summed E-state index contributed by atoms with van der Waals surface area (Å²) in [6.45, 7) is 2.70. The van der Waals surface area contributed by atoms with Crippen LogP contribution in [-0.2, 0) is 22.7 Å². The number of rotatable bonds is 8. The highest BCUT2D eigenvalue weighted by atomic mass is 16.3. The summed E-state index contributed by atoms with van der Waals surface area (Å²) in [6, 6.07) is 23.1. The minimum atomic E-state index is -0.0847. The van der Waals surface area contributed by atoms with Crippen LogP contribution in [0, 0.1) is 0 Å². The molecule has 0 aliphatic rings. The molecule has 0 atom stereocenters. The summed E-state index contributed by atoms with van der Waals surface area (Å²) in [6.07, 6.45) is 1.82.